The molecule has 108 valence electrons. The predicted octanol–water partition coefficient (Wildman–Crippen LogP) is 1.45. The summed E-state index contributed by atoms with van der Waals surface area (Å²) in [7, 11) is 0. The highest BCUT2D eigenvalue weighted by Gasteiger charge is 2.28. The molecule has 2 N–H and O–H groups in total. The first-order chi connectivity index (χ1) is 9.51. The van der Waals surface area contributed by atoms with E-state index in [4.69, 9.17) is 4.74 Å². The van der Waals surface area contributed by atoms with Crippen molar-refractivity contribution in [2.75, 3.05) is 11.9 Å². The number of carbonyl (C=O) groups excluding carboxylic acids is 3. The average molecular weight is 296 g/mol. The Hall–Kier alpha value is -1.89. The molecule has 0 saturated carbocycles. The molecule has 1 fully saturated rings. The third kappa shape index (κ3) is 3.16. The molecule has 1 saturated heterocycles. The first kappa shape index (κ1) is 14.5. The summed E-state index contributed by atoms with van der Waals surface area (Å²) in [6.07, 6.45) is 0.829. The lowest BCUT2D eigenvalue weighted by molar-refractivity contribution is -0.122. The molecule has 1 aromatic rings. The number of carbonyl (C=O) groups is 3. The van der Waals surface area contributed by atoms with Gasteiger partial charge in [0.1, 0.15) is 11.0 Å². The highest BCUT2D eigenvalue weighted by atomic mass is 32.1. The van der Waals surface area contributed by atoms with Gasteiger partial charge in [-0.05, 0) is 26.3 Å². The number of amides is 2. The van der Waals surface area contributed by atoms with Crippen LogP contribution in [-0.2, 0) is 14.3 Å². The molecule has 0 spiro atoms. The molecule has 7 heteroatoms. The Morgan fingerprint density at radius 2 is 2.30 bits per heavy atom. The Morgan fingerprint density at radius 3 is 2.90 bits per heavy atom. The minimum Gasteiger partial charge on any atom is -0.462 e. The van der Waals surface area contributed by atoms with E-state index in [1.165, 1.54) is 11.3 Å². The number of aryl methyl sites for hydroxylation is 1. The summed E-state index contributed by atoms with van der Waals surface area (Å²) < 4.78 is 4.95. The van der Waals surface area contributed by atoms with Crippen LogP contribution in [0.3, 0.4) is 0 Å². The van der Waals surface area contributed by atoms with Crippen molar-refractivity contribution in [3.05, 3.63) is 16.5 Å². The van der Waals surface area contributed by atoms with Gasteiger partial charge in [0.25, 0.3) is 0 Å². The van der Waals surface area contributed by atoms with E-state index in [1.54, 1.807) is 13.0 Å². The summed E-state index contributed by atoms with van der Waals surface area (Å²) in [5.41, 5.74) is 0.354. The number of nitrogens with one attached hydrogen (secondary N) is 2. The molecule has 0 unspecified atom stereocenters. The Kier molecular flexibility index (Phi) is 4.39. The SMILES string of the molecule is CCOC(=O)c1cc(C)sc1NC(=O)[C@H]1CCC(=O)N1. The van der Waals surface area contributed by atoms with E-state index in [2.05, 4.69) is 10.6 Å². The third-order valence-electron chi connectivity index (χ3n) is 2.90. The van der Waals surface area contributed by atoms with E-state index in [1.807, 2.05) is 6.92 Å². The van der Waals surface area contributed by atoms with Gasteiger partial charge in [-0.3, -0.25) is 9.59 Å². The Morgan fingerprint density at radius 1 is 1.55 bits per heavy atom. The number of hydrogen-bond donors (Lipinski definition) is 2. The molecule has 20 heavy (non-hydrogen) atoms. The molecule has 1 aliphatic rings. The maximum absolute atomic E-state index is 12.0. The lowest BCUT2D eigenvalue weighted by atomic mass is 10.2. The van der Waals surface area contributed by atoms with Crippen molar-refractivity contribution < 1.29 is 19.1 Å². The predicted molar refractivity (Wildman–Crippen MR) is 74.8 cm³/mol. The second kappa shape index (κ2) is 6.04. The van der Waals surface area contributed by atoms with Crippen molar-refractivity contribution in [3.63, 3.8) is 0 Å². The van der Waals surface area contributed by atoms with E-state index < -0.39 is 12.0 Å². The van der Waals surface area contributed by atoms with Crippen LogP contribution in [0.4, 0.5) is 5.00 Å². The van der Waals surface area contributed by atoms with Crippen LogP contribution >= 0.6 is 11.3 Å². The summed E-state index contributed by atoms with van der Waals surface area (Å²) >= 11 is 1.31. The summed E-state index contributed by atoms with van der Waals surface area (Å²) in [6, 6.07) is 1.16. The van der Waals surface area contributed by atoms with Gasteiger partial charge in [0.05, 0.1) is 12.2 Å². The molecule has 1 aliphatic heterocycles. The van der Waals surface area contributed by atoms with E-state index >= 15 is 0 Å². The van der Waals surface area contributed by atoms with Gasteiger partial charge in [0, 0.05) is 11.3 Å². The molecule has 1 atom stereocenters. The first-order valence-electron chi connectivity index (χ1n) is 6.39. The van der Waals surface area contributed by atoms with Crippen molar-refractivity contribution in [1.82, 2.24) is 5.32 Å². The van der Waals surface area contributed by atoms with Crippen LogP contribution in [0.15, 0.2) is 6.07 Å². The van der Waals surface area contributed by atoms with Crippen molar-refractivity contribution in [1.29, 1.82) is 0 Å². The number of ether oxygens (including phenoxy) is 1. The van der Waals surface area contributed by atoms with E-state index in [0.717, 1.165) is 4.88 Å². The van der Waals surface area contributed by atoms with Gasteiger partial charge in [-0.1, -0.05) is 0 Å². The summed E-state index contributed by atoms with van der Waals surface area (Å²) in [5, 5.41) is 5.75. The maximum atomic E-state index is 12.0. The van der Waals surface area contributed by atoms with Gasteiger partial charge in [0.2, 0.25) is 11.8 Å². The molecule has 0 aromatic carbocycles. The largest absolute Gasteiger partial charge is 0.462 e. The molecule has 2 amide bonds. The van der Waals surface area contributed by atoms with Crippen LogP contribution in [0.5, 0.6) is 0 Å². The minimum absolute atomic E-state index is 0.127. The number of rotatable bonds is 4. The van der Waals surface area contributed by atoms with Gasteiger partial charge < -0.3 is 15.4 Å². The minimum atomic E-state index is -0.528. The van der Waals surface area contributed by atoms with E-state index in [-0.39, 0.29) is 18.4 Å². The lowest BCUT2D eigenvalue weighted by Crippen LogP contribution is -2.37. The molecular weight excluding hydrogens is 280 g/mol. The third-order valence-corrected chi connectivity index (χ3v) is 3.87. The number of hydrogen-bond acceptors (Lipinski definition) is 5. The monoisotopic (exact) mass is 296 g/mol. The van der Waals surface area contributed by atoms with Crippen molar-refractivity contribution >= 4 is 34.1 Å². The number of esters is 1. The first-order valence-corrected chi connectivity index (χ1v) is 7.20. The summed E-state index contributed by atoms with van der Waals surface area (Å²) in [5.74, 6) is -0.885. The fourth-order valence-corrected chi connectivity index (χ4v) is 2.88. The van der Waals surface area contributed by atoms with Crippen LogP contribution < -0.4 is 10.6 Å². The maximum Gasteiger partial charge on any atom is 0.341 e. The van der Waals surface area contributed by atoms with Crippen LogP contribution in [-0.4, -0.2) is 30.4 Å². The number of anilines is 1. The molecule has 2 heterocycles. The van der Waals surface area contributed by atoms with Gasteiger partial charge in [-0.2, -0.15) is 0 Å². The van der Waals surface area contributed by atoms with Crippen LogP contribution in [0.2, 0.25) is 0 Å². The molecule has 2 rings (SSSR count). The number of thiophene rings is 1. The van der Waals surface area contributed by atoms with Crippen molar-refractivity contribution in [3.8, 4) is 0 Å². The normalized spacial score (nSPS) is 17.7. The van der Waals surface area contributed by atoms with Gasteiger partial charge in [0.15, 0.2) is 0 Å². The molecule has 1 aromatic heterocycles. The highest BCUT2D eigenvalue weighted by Crippen LogP contribution is 2.28. The van der Waals surface area contributed by atoms with Gasteiger partial charge in [-0.25, -0.2) is 4.79 Å². The van der Waals surface area contributed by atoms with E-state index in [9.17, 15) is 14.4 Å². The van der Waals surface area contributed by atoms with Crippen molar-refractivity contribution in [2.45, 2.75) is 32.7 Å². The summed E-state index contributed by atoms with van der Waals surface area (Å²) in [4.78, 5) is 35.8. The van der Waals surface area contributed by atoms with Crippen LogP contribution in [0.25, 0.3) is 0 Å². The molecule has 0 bridgehead atoms. The summed E-state index contributed by atoms with van der Waals surface area (Å²) in [6.45, 7) is 3.85. The topological polar surface area (TPSA) is 84.5 Å². The Balaban J connectivity index is 2.10. The van der Waals surface area contributed by atoms with Gasteiger partial charge in [-0.15, -0.1) is 11.3 Å². The van der Waals surface area contributed by atoms with Crippen LogP contribution in [0, 0.1) is 6.92 Å². The molecular formula is C13H16N2O4S. The van der Waals surface area contributed by atoms with Crippen LogP contribution in [0.1, 0.15) is 35.0 Å². The fourth-order valence-electron chi connectivity index (χ4n) is 1.98. The highest BCUT2D eigenvalue weighted by molar-refractivity contribution is 7.16. The smallest absolute Gasteiger partial charge is 0.341 e. The molecule has 6 nitrogen and oxygen atoms in total. The van der Waals surface area contributed by atoms with E-state index in [0.29, 0.717) is 23.4 Å². The molecule has 0 radical (unpaired) electrons. The second-order valence-corrected chi connectivity index (χ2v) is 5.72. The quantitative estimate of drug-likeness (QED) is 0.824. The van der Waals surface area contributed by atoms with Gasteiger partial charge >= 0.3 is 5.97 Å². The van der Waals surface area contributed by atoms with Crippen molar-refractivity contribution in [2.24, 2.45) is 0 Å². The fraction of sp³-hybridized carbons (Fsp3) is 0.462. The zero-order chi connectivity index (χ0) is 14.7. The average Bonchev–Trinajstić information content (AvgIpc) is 2.96. The zero-order valence-electron chi connectivity index (χ0n) is 11.3. The Labute approximate surface area is 120 Å². The lowest BCUT2D eigenvalue weighted by Gasteiger charge is -2.10. The molecule has 0 aliphatic carbocycles. The second-order valence-electron chi connectivity index (χ2n) is 4.47. The Bertz CT molecular complexity index is 553. The zero-order valence-corrected chi connectivity index (χ0v) is 12.1. The standard InChI is InChI=1S/C13H16N2O4S/c1-3-19-13(18)8-6-7(2)20-12(8)15-11(17)9-4-5-10(16)14-9/h6,9H,3-5H2,1-2H3,(H,14,16)(H,15,17)/t9-/m1/s1.